The third-order valence-corrected chi connectivity index (χ3v) is 3.47. The van der Waals surface area contributed by atoms with E-state index >= 15 is 0 Å². The molecule has 0 aliphatic heterocycles. The van der Waals surface area contributed by atoms with Crippen LogP contribution in [0.2, 0.25) is 0 Å². The standard InChI is InChI=1S/C12H24N2/c1-4-14-12(13)11-7-5-10(6-8-11)9(2)3/h9-11H,4-8H2,1-3H3,(H2,13,14). The van der Waals surface area contributed by atoms with Crippen molar-refractivity contribution in [2.24, 2.45) is 28.5 Å². The van der Waals surface area contributed by atoms with Crippen molar-refractivity contribution in [2.75, 3.05) is 6.54 Å². The van der Waals surface area contributed by atoms with E-state index in [0.717, 1.165) is 24.2 Å². The van der Waals surface area contributed by atoms with Gasteiger partial charge >= 0.3 is 0 Å². The van der Waals surface area contributed by atoms with Crippen molar-refractivity contribution in [3.05, 3.63) is 0 Å². The Morgan fingerprint density at radius 2 is 1.86 bits per heavy atom. The van der Waals surface area contributed by atoms with E-state index < -0.39 is 0 Å². The lowest BCUT2D eigenvalue weighted by atomic mass is 9.76. The number of nitrogens with two attached hydrogens (primary N) is 1. The van der Waals surface area contributed by atoms with Gasteiger partial charge in [-0.25, -0.2) is 0 Å². The van der Waals surface area contributed by atoms with Crippen LogP contribution in [0.25, 0.3) is 0 Å². The van der Waals surface area contributed by atoms with Crippen LogP contribution >= 0.6 is 0 Å². The summed E-state index contributed by atoms with van der Waals surface area (Å²) in [6.07, 6.45) is 5.17. The molecule has 0 aromatic carbocycles. The number of aliphatic imine (C=N–C) groups is 1. The number of amidine groups is 1. The molecule has 1 aliphatic rings. The summed E-state index contributed by atoms with van der Waals surface area (Å²) in [6, 6.07) is 0. The highest BCUT2D eigenvalue weighted by molar-refractivity contribution is 5.82. The van der Waals surface area contributed by atoms with E-state index in [0.29, 0.717) is 5.92 Å². The van der Waals surface area contributed by atoms with Crippen molar-refractivity contribution in [3.63, 3.8) is 0 Å². The van der Waals surface area contributed by atoms with Crippen LogP contribution in [0.3, 0.4) is 0 Å². The van der Waals surface area contributed by atoms with E-state index in [2.05, 4.69) is 18.8 Å². The van der Waals surface area contributed by atoms with Gasteiger partial charge in [-0.1, -0.05) is 13.8 Å². The second-order valence-corrected chi connectivity index (χ2v) is 4.75. The van der Waals surface area contributed by atoms with Crippen LogP contribution in [0.1, 0.15) is 46.5 Å². The largest absolute Gasteiger partial charge is 0.387 e. The van der Waals surface area contributed by atoms with Crippen molar-refractivity contribution in [3.8, 4) is 0 Å². The summed E-state index contributed by atoms with van der Waals surface area (Å²) in [4.78, 5) is 4.31. The number of hydrogen-bond acceptors (Lipinski definition) is 1. The average Bonchev–Trinajstić information content (AvgIpc) is 2.18. The minimum atomic E-state index is 0.574. The SMILES string of the molecule is CCN=C(N)C1CCC(C(C)C)CC1. The van der Waals surface area contributed by atoms with Crippen LogP contribution in [-0.2, 0) is 0 Å². The molecule has 0 heterocycles. The van der Waals surface area contributed by atoms with Gasteiger partial charge in [0.25, 0.3) is 0 Å². The zero-order valence-electron chi connectivity index (χ0n) is 9.79. The van der Waals surface area contributed by atoms with Gasteiger partial charge in [0.1, 0.15) is 0 Å². The van der Waals surface area contributed by atoms with Crippen LogP contribution in [0.5, 0.6) is 0 Å². The molecule has 0 atom stereocenters. The van der Waals surface area contributed by atoms with E-state index in [4.69, 9.17) is 5.73 Å². The maximum absolute atomic E-state index is 5.93. The Labute approximate surface area is 88.0 Å². The molecular formula is C12H24N2. The second kappa shape index (κ2) is 5.38. The van der Waals surface area contributed by atoms with Crippen LogP contribution in [-0.4, -0.2) is 12.4 Å². The topological polar surface area (TPSA) is 38.4 Å². The van der Waals surface area contributed by atoms with E-state index in [1.165, 1.54) is 25.7 Å². The Kier molecular flexibility index (Phi) is 4.43. The molecule has 0 aromatic heterocycles. The van der Waals surface area contributed by atoms with E-state index in [1.807, 2.05) is 6.92 Å². The van der Waals surface area contributed by atoms with Crippen LogP contribution in [0, 0.1) is 17.8 Å². The zero-order valence-corrected chi connectivity index (χ0v) is 9.79. The van der Waals surface area contributed by atoms with Crippen LogP contribution in [0.15, 0.2) is 4.99 Å². The molecule has 82 valence electrons. The normalized spacial score (nSPS) is 29.6. The first-order valence-corrected chi connectivity index (χ1v) is 5.95. The smallest absolute Gasteiger partial charge is 0.0968 e. The monoisotopic (exact) mass is 196 g/mol. The Bertz CT molecular complexity index is 188. The maximum Gasteiger partial charge on any atom is 0.0968 e. The van der Waals surface area contributed by atoms with Gasteiger partial charge in [-0.15, -0.1) is 0 Å². The molecular weight excluding hydrogens is 172 g/mol. The summed E-state index contributed by atoms with van der Waals surface area (Å²) >= 11 is 0. The molecule has 2 N–H and O–H groups in total. The minimum Gasteiger partial charge on any atom is -0.387 e. The van der Waals surface area contributed by atoms with Gasteiger partial charge in [0.15, 0.2) is 0 Å². The fourth-order valence-corrected chi connectivity index (χ4v) is 2.39. The molecule has 0 radical (unpaired) electrons. The first-order valence-electron chi connectivity index (χ1n) is 5.95. The second-order valence-electron chi connectivity index (χ2n) is 4.75. The van der Waals surface area contributed by atoms with E-state index in [9.17, 15) is 0 Å². The molecule has 1 saturated carbocycles. The number of nitrogens with zero attached hydrogens (tertiary/aromatic N) is 1. The summed E-state index contributed by atoms with van der Waals surface area (Å²) in [6.45, 7) is 7.53. The average molecular weight is 196 g/mol. The van der Waals surface area contributed by atoms with Crippen LogP contribution < -0.4 is 5.73 Å². The van der Waals surface area contributed by atoms with Gasteiger partial charge in [-0.05, 0) is 44.4 Å². The predicted octanol–water partition coefficient (Wildman–Crippen LogP) is 2.83. The van der Waals surface area contributed by atoms with Gasteiger partial charge < -0.3 is 5.73 Å². The molecule has 1 fully saturated rings. The summed E-state index contributed by atoms with van der Waals surface area (Å²) < 4.78 is 0. The molecule has 0 unspecified atom stereocenters. The van der Waals surface area contributed by atoms with Crippen LogP contribution in [0.4, 0.5) is 0 Å². The summed E-state index contributed by atoms with van der Waals surface area (Å²) in [5.41, 5.74) is 5.93. The maximum atomic E-state index is 5.93. The highest BCUT2D eigenvalue weighted by atomic mass is 14.9. The minimum absolute atomic E-state index is 0.574. The first-order chi connectivity index (χ1) is 6.65. The van der Waals surface area contributed by atoms with Crippen molar-refractivity contribution < 1.29 is 0 Å². The third kappa shape index (κ3) is 3.00. The molecule has 1 aliphatic carbocycles. The number of rotatable bonds is 3. The van der Waals surface area contributed by atoms with Gasteiger partial charge in [-0.3, -0.25) is 4.99 Å². The molecule has 0 saturated heterocycles. The molecule has 2 nitrogen and oxygen atoms in total. The summed E-state index contributed by atoms with van der Waals surface area (Å²) in [7, 11) is 0. The van der Waals surface area contributed by atoms with Gasteiger partial charge in [0, 0.05) is 12.5 Å². The fraction of sp³-hybridized carbons (Fsp3) is 0.917. The summed E-state index contributed by atoms with van der Waals surface area (Å²) in [5, 5.41) is 0. The van der Waals surface area contributed by atoms with Crippen molar-refractivity contribution >= 4 is 5.84 Å². The lowest BCUT2D eigenvalue weighted by Gasteiger charge is -2.30. The lowest BCUT2D eigenvalue weighted by Crippen LogP contribution is -2.29. The Balaban J connectivity index is 2.39. The molecule has 2 heteroatoms. The Morgan fingerprint density at radius 1 is 1.29 bits per heavy atom. The van der Waals surface area contributed by atoms with E-state index in [1.54, 1.807) is 0 Å². The first kappa shape index (κ1) is 11.5. The Morgan fingerprint density at radius 3 is 2.29 bits per heavy atom. The molecule has 0 spiro atoms. The predicted molar refractivity (Wildman–Crippen MR) is 62.4 cm³/mol. The van der Waals surface area contributed by atoms with Crippen molar-refractivity contribution in [1.82, 2.24) is 0 Å². The third-order valence-electron chi connectivity index (χ3n) is 3.47. The Hall–Kier alpha value is -0.530. The molecule has 14 heavy (non-hydrogen) atoms. The lowest BCUT2D eigenvalue weighted by molar-refractivity contribution is 0.255. The fourth-order valence-electron chi connectivity index (χ4n) is 2.39. The van der Waals surface area contributed by atoms with Gasteiger partial charge in [0.05, 0.1) is 5.84 Å². The highest BCUT2D eigenvalue weighted by Gasteiger charge is 2.24. The van der Waals surface area contributed by atoms with Crippen molar-refractivity contribution in [2.45, 2.75) is 46.5 Å². The molecule has 0 aromatic rings. The summed E-state index contributed by atoms with van der Waals surface area (Å²) in [5.74, 6) is 3.22. The molecule has 0 amide bonds. The highest BCUT2D eigenvalue weighted by Crippen LogP contribution is 2.33. The molecule has 1 rings (SSSR count). The van der Waals surface area contributed by atoms with E-state index in [-0.39, 0.29) is 0 Å². The van der Waals surface area contributed by atoms with Crippen molar-refractivity contribution in [1.29, 1.82) is 0 Å². The zero-order chi connectivity index (χ0) is 10.6. The molecule has 0 bridgehead atoms. The van der Waals surface area contributed by atoms with Gasteiger partial charge in [-0.2, -0.15) is 0 Å². The number of hydrogen-bond donors (Lipinski definition) is 1. The quantitative estimate of drug-likeness (QED) is 0.547. The van der Waals surface area contributed by atoms with Gasteiger partial charge in [0.2, 0.25) is 0 Å².